The molecule has 0 aliphatic heterocycles. The van der Waals surface area contributed by atoms with Crippen LogP contribution in [0.4, 0.5) is 11.4 Å². The Morgan fingerprint density at radius 2 is 0.607 bits per heavy atom. The van der Waals surface area contributed by atoms with Crippen molar-refractivity contribution in [2.24, 2.45) is 0 Å². The smallest absolute Gasteiger partial charge is 0.270 e. The maximum Gasteiger partial charge on any atom is 0.270 e. The summed E-state index contributed by atoms with van der Waals surface area (Å²) in [7, 11) is 0. The number of hydrogen-bond acceptors (Lipinski definition) is 6. The molecule has 0 amide bonds. The molecule has 0 N–H and O–H groups in total. The van der Waals surface area contributed by atoms with Crippen LogP contribution in [0, 0.1) is 20.2 Å². The molecule has 0 radical (unpaired) electrons. The van der Waals surface area contributed by atoms with E-state index in [1.165, 1.54) is 191 Å². The Labute approximate surface area is 341 Å². The molecule has 0 unspecified atom stereocenters. The van der Waals surface area contributed by atoms with Crippen LogP contribution in [0.3, 0.4) is 0 Å². The summed E-state index contributed by atoms with van der Waals surface area (Å²) in [5, 5.41) is 23.5. The van der Waals surface area contributed by atoms with Gasteiger partial charge in [0.15, 0.2) is 0 Å². The molecule has 0 fully saturated rings. The lowest BCUT2D eigenvalue weighted by molar-refractivity contribution is -0.385. The van der Waals surface area contributed by atoms with Crippen molar-refractivity contribution in [1.29, 1.82) is 0 Å². The number of nitro benzene ring substituents is 2. The molecular weight excluding hydrogens is 701 g/mol. The van der Waals surface area contributed by atoms with Crippen LogP contribution in [0.25, 0.3) is 11.1 Å². The van der Waals surface area contributed by atoms with Crippen molar-refractivity contribution in [2.45, 2.75) is 219 Å². The molecule has 0 aromatic heterocycles. The molecule has 2 rings (SSSR count). The lowest BCUT2D eigenvalue weighted by Gasteiger charge is -2.16. The second kappa shape index (κ2) is 33.9. The number of unbranched alkanes of at least 4 members (excludes halogenated alkanes) is 30. The van der Waals surface area contributed by atoms with Gasteiger partial charge < -0.3 is 9.47 Å². The van der Waals surface area contributed by atoms with Crippen LogP contribution in [0.15, 0.2) is 36.4 Å². The molecule has 2 aromatic rings. The summed E-state index contributed by atoms with van der Waals surface area (Å²) in [4.78, 5) is 22.6. The minimum Gasteiger partial charge on any atom is -0.493 e. The summed E-state index contributed by atoms with van der Waals surface area (Å²) in [5.74, 6) is 0.952. The summed E-state index contributed by atoms with van der Waals surface area (Å²) in [6.07, 6.45) is 41.4. The normalized spacial score (nSPS) is 11.2. The van der Waals surface area contributed by atoms with Gasteiger partial charge in [-0.1, -0.05) is 206 Å². The van der Waals surface area contributed by atoms with Crippen molar-refractivity contribution in [3.63, 3.8) is 0 Å². The Hall–Kier alpha value is -3.16. The minimum atomic E-state index is -0.447. The molecule has 0 aliphatic rings. The van der Waals surface area contributed by atoms with E-state index in [0.29, 0.717) is 35.8 Å². The van der Waals surface area contributed by atoms with Crippen molar-refractivity contribution >= 4 is 11.4 Å². The van der Waals surface area contributed by atoms with Gasteiger partial charge in [0, 0.05) is 35.4 Å². The van der Waals surface area contributed by atoms with Crippen molar-refractivity contribution < 1.29 is 19.3 Å². The van der Waals surface area contributed by atoms with Crippen molar-refractivity contribution in [3.05, 3.63) is 56.6 Å². The van der Waals surface area contributed by atoms with Crippen molar-refractivity contribution in [3.8, 4) is 22.6 Å². The van der Waals surface area contributed by atoms with Gasteiger partial charge in [-0.2, -0.15) is 0 Å². The first-order chi connectivity index (χ1) is 27.5. The van der Waals surface area contributed by atoms with Gasteiger partial charge in [-0.05, 0) is 25.0 Å². The molecule has 318 valence electrons. The van der Waals surface area contributed by atoms with Gasteiger partial charge >= 0.3 is 0 Å². The Morgan fingerprint density at radius 1 is 0.375 bits per heavy atom. The van der Waals surface area contributed by atoms with Gasteiger partial charge in [0.05, 0.1) is 23.1 Å². The van der Waals surface area contributed by atoms with E-state index in [4.69, 9.17) is 9.47 Å². The number of hydrogen-bond donors (Lipinski definition) is 0. The number of benzene rings is 2. The second-order valence-corrected chi connectivity index (χ2v) is 16.2. The Morgan fingerprint density at radius 3 is 0.839 bits per heavy atom. The van der Waals surface area contributed by atoms with Gasteiger partial charge in [-0.15, -0.1) is 0 Å². The van der Waals surface area contributed by atoms with Gasteiger partial charge in [-0.25, -0.2) is 0 Å². The highest BCUT2D eigenvalue weighted by atomic mass is 16.6. The second-order valence-electron chi connectivity index (χ2n) is 16.2. The van der Waals surface area contributed by atoms with Crippen LogP contribution in [0.1, 0.15) is 219 Å². The molecular formula is C48H80N2O6. The summed E-state index contributed by atoms with van der Waals surface area (Å²) < 4.78 is 12.4. The van der Waals surface area contributed by atoms with Gasteiger partial charge in [0.1, 0.15) is 11.5 Å². The predicted octanol–water partition coefficient (Wildman–Crippen LogP) is 16.5. The fourth-order valence-electron chi connectivity index (χ4n) is 7.60. The number of non-ortho nitro benzene ring substituents is 2. The Kier molecular flexibility index (Phi) is 29.7. The largest absolute Gasteiger partial charge is 0.493 e. The molecule has 0 bridgehead atoms. The zero-order valence-corrected chi connectivity index (χ0v) is 35.8. The molecule has 0 heterocycles. The highest BCUT2D eigenvalue weighted by Gasteiger charge is 2.20. The number of ether oxygens (including phenoxy) is 2. The third-order valence-corrected chi connectivity index (χ3v) is 11.1. The van der Waals surface area contributed by atoms with E-state index in [2.05, 4.69) is 13.8 Å². The fraction of sp³-hybridized carbons (Fsp3) is 0.750. The lowest BCUT2D eigenvalue weighted by atomic mass is 10.0. The fourth-order valence-corrected chi connectivity index (χ4v) is 7.60. The summed E-state index contributed by atoms with van der Waals surface area (Å²) >= 11 is 0. The average molecular weight is 781 g/mol. The van der Waals surface area contributed by atoms with Crippen LogP contribution >= 0.6 is 0 Å². The number of rotatable bonds is 39. The first-order valence-electron chi connectivity index (χ1n) is 23.3. The van der Waals surface area contributed by atoms with E-state index in [1.807, 2.05) is 0 Å². The monoisotopic (exact) mass is 781 g/mol. The van der Waals surface area contributed by atoms with E-state index < -0.39 is 9.85 Å². The Bertz CT molecular complexity index is 1190. The predicted molar refractivity (Wildman–Crippen MR) is 235 cm³/mol. The molecule has 0 spiro atoms. The minimum absolute atomic E-state index is 0.0926. The molecule has 2 aromatic carbocycles. The molecule has 0 saturated heterocycles. The third-order valence-electron chi connectivity index (χ3n) is 11.1. The first-order valence-corrected chi connectivity index (χ1v) is 23.3. The first kappa shape index (κ1) is 49.0. The zero-order valence-electron chi connectivity index (χ0n) is 35.8. The summed E-state index contributed by atoms with van der Waals surface area (Å²) in [6, 6.07) is 8.98. The van der Waals surface area contributed by atoms with Gasteiger partial charge in [0.2, 0.25) is 0 Å². The van der Waals surface area contributed by atoms with Gasteiger partial charge in [-0.3, -0.25) is 20.2 Å². The molecule has 8 heteroatoms. The number of nitrogens with zero attached hydrogens (tertiary/aromatic N) is 2. The number of nitro groups is 2. The topological polar surface area (TPSA) is 105 Å². The van der Waals surface area contributed by atoms with Crippen LogP contribution in [0.2, 0.25) is 0 Å². The Balaban J connectivity index is 1.73. The van der Waals surface area contributed by atoms with Crippen molar-refractivity contribution in [1.82, 2.24) is 0 Å². The van der Waals surface area contributed by atoms with E-state index >= 15 is 0 Å². The quantitative estimate of drug-likeness (QED) is 0.0380. The maximum absolute atomic E-state index is 11.8. The van der Waals surface area contributed by atoms with Crippen LogP contribution < -0.4 is 9.47 Å². The molecule has 0 aliphatic carbocycles. The van der Waals surface area contributed by atoms with E-state index in [-0.39, 0.29) is 11.4 Å². The molecule has 0 atom stereocenters. The average Bonchev–Trinajstić information content (AvgIpc) is 3.20. The highest BCUT2D eigenvalue weighted by molar-refractivity contribution is 5.79. The SMILES string of the molecule is CCCCCCCCCCCCCCCCCCOc1ccc([N+](=O)[O-])cc1-c1cc([N+](=O)[O-])ccc1OCCCCCCCCCCCCCCCCCC. The molecule has 0 saturated carbocycles. The van der Waals surface area contributed by atoms with E-state index in [1.54, 1.807) is 12.1 Å². The van der Waals surface area contributed by atoms with Crippen LogP contribution in [0.5, 0.6) is 11.5 Å². The third kappa shape index (κ3) is 23.8. The van der Waals surface area contributed by atoms with Crippen molar-refractivity contribution in [2.75, 3.05) is 13.2 Å². The molecule has 56 heavy (non-hydrogen) atoms. The summed E-state index contributed by atoms with van der Waals surface area (Å²) in [6.45, 7) is 5.50. The van der Waals surface area contributed by atoms with Gasteiger partial charge in [0.25, 0.3) is 11.4 Å². The highest BCUT2D eigenvalue weighted by Crippen LogP contribution is 2.41. The van der Waals surface area contributed by atoms with Crippen LogP contribution in [-0.4, -0.2) is 23.1 Å². The lowest BCUT2D eigenvalue weighted by Crippen LogP contribution is -2.03. The van der Waals surface area contributed by atoms with E-state index in [9.17, 15) is 20.2 Å². The maximum atomic E-state index is 11.8. The van der Waals surface area contributed by atoms with E-state index in [0.717, 1.165) is 38.5 Å². The standard InChI is InChI=1S/C48H80N2O6/c1-3-5-7-9-11-13-15-17-19-21-23-25-27-29-31-33-39-55-47-37-35-43(49(51)52)41-45(47)46-42-44(50(53)54)36-38-48(46)56-40-34-32-30-28-26-24-22-20-18-16-14-12-10-8-6-4-2/h35-38,41-42H,3-34,39-40H2,1-2H3. The van der Waals surface area contributed by atoms with Crippen LogP contribution in [-0.2, 0) is 0 Å². The summed E-state index contributed by atoms with van der Waals surface area (Å²) in [5.41, 5.74) is 0.706. The zero-order chi connectivity index (χ0) is 40.3. The molecule has 8 nitrogen and oxygen atoms in total.